The molecule has 0 aromatic heterocycles. The second-order valence-corrected chi connectivity index (χ2v) is 10.7. The number of nitrogens with zero attached hydrogens (tertiary/aromatic N) is 3. The standard InChI is InChI=1S/C14H16N4O.C9H16F2.C7H16/c1-9-6-7-11-10-4-3-5-12(19-2)13(10)17-14(15)18(11)16-8-9;1-7(2)8-3-5-9(10,11)6-4-8;1-3-5-7-6-4-2/h3-5,7-9H,6H2,1-2H3,(H2,15,17);7-8H,3-6H2,1-2H3;3-7H2,1-2H3. The molecule has 1 aromatic rings. The molecule has 2 N–H and O–H groups in total. The minimum Gasteiger partial charge on any atom is -0.494 e. The molecule has 1 atom stereocenters. The van der Waals surface area contributed by atoms with E-state index in [1.165, 1.54) is 32.1 Å². The number of alkyl halides is 2. The molecule has 1 fully saturated rings. The van der Waals surface area contributed by atoms with E-state index in [2.05, 4.69) is 50.8 Å². The van der Waals surface area contributed by atoms with E-state index < -0.39 is 5.92 Å². The summed E-state index contributed by atoms with van der Waals surface area (Å²) in [7, 11) is 1.63. The molecule has 1 aromatic carbocycles. The van der Waals surface area contributed by atoms with Crippen LogP contribution in [0.15, 0.2) is 34.4 Å². The van der Waals surface area contributed by atoms with E-state index >= 15 is 0 Å². The third-order valence-corrected chi connectivity index (χ3v) is 7.20. The van der Waals surface area contributed by atoms with Crippen molar-refractivity contribution in [3.05, 3.63) is 29.8 Å². The van der Waals surface area contributed by atoms with Crippen LogP contribution in [0.4, 0.5) is 14.5 Å². The Bertz CT molecular complexity index is 912. The maximum Gasteiger partial charge on any atom is 0.248 e. The highest BCUT2D eigenvalue weighted by Gasteiger charge is 2.35. The number of aliphatic imine (C=N–C) groups is 1. The first-order valence-corrected chi connectivity index (χ1v) is 14.1. The number of rotatable bonds is 6. The molecule has 0 amide bonds. The van der Waals surface area contributed by atoms with Gasteiger partial charge in [-0.1, -0.05) is 84.9 Å². The zero-order chi connectivity index (χ0) is 27.4. The van der Waals surface area contributed by atoms with Crippen molar-refractivity contribution >= 4 is 23.6 Å². The lowest BCUT2D eigenvalue weighted by atomic mass is 9.80. The Hall–Kier alpha value is -2.44. The van der Waals surface area contributed by atoms with Crippen molar-refractivity contribution in [3.63, 3.8) is 0 Å². The number of allylic oxidation sites excluding steroid dienone is 1. The van der Waals surface area contributed by atoms with E-state index in [9.17, 15) is 8.78 Å². The highest BCUT2D eigenvalue weighted by molar-refractivity contribution is 5.98. The van der Waals surface area contributed by atoms with Gasteiger partial charge >= 0.3 is 0 Å². The zero-order valence-electron chi connectivity index (χ0n) is 23.8. The molecule has 37 heavy (non-hydrogen) atoms. The average molecular weight is 519 g/mol. The fourth-order valence-electron chi connectivity index (χ4n) is 4.67. The molecule has 2 aliphatic heterocycles. The minimum absolute atomic E-state index is 0.107. The number of unbranched alkanes of at least 4 members (excludes halogenated alkanes) is 4. The first-order chi connectivity index (χ1) is 17.6. The van der Waals surface area contributed by atoms with Crippen molar-refractivity contribution < 1.29 is 13.5 Å². The van der Waals surface area contributed by atoms with Gasteiger partial charge in [-0.15, -0.1) is 0 Å². The first kappa shape index (κ1) is 30.8. The molecule has 0 saturated heterocycles. The lowest BCUT2D eigenvalue weighted by Gasteiger charge is -2.30. The molecule has 3 aliphatic rings. The van der Waals surface area contributed by atoms with Crippen LogP contribution in [-0.2, 0) is 0 Å². The molecule has 2 heterocycles. The van der Waals surface area contributed by atoms with E-state index in [0.29, 0.717) is 36.6 Å². The Balaban J connectivity index is 0.000000227. The number of fused-ring (bicyclic) bond motifs is 3. The fourth-order valence-corrected chi connectivity index (χ4v) is 4.67. The Labute approximate surface area is 223 Å². The number of hydrogen-bond acceptors (Lipinski definition) is 5. The maximum absolute atomic E-state index is 12.6. The van der Waals surface area contributed by atoms with E-state index in [-0.39, 0.29) is 12.8 Å². The maximum atomic E-state index is 12.6. The molecule has 1 unspecified atom stereocenters. The van der Waals surface area contributed by atoms with Crippen LogP contribution in [0.1, 0.15) is 104 Å². The predicted molar refractivity (Wildman–Crippen MR) is 153 cm³/mol. The third kappa shape index (κ3) is 9.42. The second-order valence-electron chi connectivity index (χ2n) is 10.7. The van der Waals surface area contributed by atoms with Crippen LogP contribution in [0, 0.1) is 17.8 Å². The molecule has 0 radical (unpaired) electrons. The summed E-state index contributed by atoms with van der Waals surface area (Å²) in [6, 6.07) is 5.85. The van der Waals surface area contributed by atoms with Crippen molar-refractivity contribution in [3.8, 4) is 5.75 Å². The van der Waals surface area contributed by atoms with Gasteiger partial charge in [-0.2, -0.15) is 5.10 Å². The van der Waals surface area contributed by atoms with E-state index in [0.717, 1.165) is 29.1 Å². The highest BCUT2D eigenvalue weighted by Crippen LogP contribution is 2.41. The lowest BCUT2D eigenvalue weighted by Crippen LogP contribution is -2.33. The van der Waals surface area contributed by atoms with Crippen LogP contribution >= 0.6 is 0 Å². The van der Waals surface area contributed by atoms with Crippen molar-refractivity contribution in [2.45, 2.75) is 105 Å². The Morgan fingerprint density at radius 3 is 2.32 bits per heavy atom. The largest absolute Gasteiger partial charge is 0.494 e. The second kappa shape index (κ2) is 15.1. The van der Waals surface area contributed by atoms with Gasteiger partial charge in [-0.05, 0) is 43.1 Å². The summed E-state index contributed by atoms with van der Waals surface area (Å²) in [6.07, 6.45) is 13.6. The summed E-state index contributed by atoms with van der Waals surface area (Å²) < 4.78 is 30.6. The number of ether oxygens (including phenoxy) is 1. The molecule has 7 heteroatoms. The summed E-state index contributed by atoms with van der Waals surface area (Å²) in [5, 5.41) is 6.09. The smallest absolute Gasteiger partial charge is 0.248 e. The molecule has 1 aliphatic carbocycles. The molecule has 0 bridgehead atoms. The summed E-state index contributed by atoms with van der Waals surface area (Å²) in [4.78, 5) is 4.41. The summed E-state index contributed by atoms with van der Waals surface area (Å²) in [5.41, 5.74) is 8.76. The summed E-state index contributed by atoms with van der Waals surface area (Å²) >= 11 is 0. The van der Waals surface area contributed by atoms with Crippen LogP contribution in [0.2, 0.25) is 0 Å². The SMILES string of the molecule is CC(C)C1CCC(F)(F)CC1.CCCCCCC.COc1cccc2c1N=C(N)N1N=CC(C)CC=C21. The number of benzene rings is 1. The molecule has 5 nitrogen and oxygen atoms in total. The van der Waals surface area contributed by atoms with Crippen LogP contribution in [0.5, 0.6) is 5.75 Å². The minimum atomic E-state index is -2.36. The fraction of sp³-hybridized carbons (Fsp3) is 0.667. The van der Waals surface area contributed by atoms with E-state index in [4.69, 9.17) is 10.5 Å². The van der Waals surface area contributed by atoms with Crippen LogP contribution < -0.4 is 10.5 Å². The van der Waals surface area contributed by atoms with E-state index in [1.807, 2.05) is 24.4 Å². The Kier molecular flexibility index (Phi) is 12.6. The summed E-state index contributed by atoms with van der Waals surface area (Å²) in [5.74, 6) is 0.238. The van der Waals surface area contributed by atoms with Gasteiger partial charge < -0.3 is 10.5 Å². The topological polar surface area (TPSA) is 63.2 Å². The van der Waals surface area contributed by atoms with Gasteiger partial charge in [0.1, 0.15) is 11.4 Å². The van der Waals surface area contributed by atoms with E-state index in [1.54, 1.807) is 12.1 Å². The van der Waals surface area contributed by atoms with Gasteiger partial charge in [0.25, 0.3) is 0 Å². The molecule has 4 rings (SSSR count). The number of hydrogen-bond donors (Lipinski definition) is 1. The van der Waals surface area contributed by atoms with Gasteiger partial charge in [-0.25, -0.2) is 18.8 Å². The van der Waals surface area contributed by atoms with Crippen molar-refractivity contribution in [2.24, 2.45) is 33.6 Å². The first-order valence-electron chi connectivity index (χ1n) is 14.1. The molecule has 208 valence electrons. The lowest BCUT2D eigenvalue weighted by molar-refractivity contribution is -0.0504. The molecular formula is C30H48F2N4O. The Morgan fingerprint density at radius 1 is 1.11 bits per heavy atom. The van der Waals surface area contributed by atoms with Crippen LogP contribution in [-0.4, -0.2) is 30.2 Å². The third-order valence-electron chi connectivity index (χ3n) is 7.20. The molecule has 0 spiro atoms. The van der Waals surface area contributed by atoms with Gasteiger partial charge in [0.15, 0.2) is 0 Å². The number of nitrogens with two attached hydrogens (primary N) is 1. The zero-order valence-corrected chi connectivity index (χ0v) is 23.8. The van der Waals surface area contributed by atoms with Gasteiger partial charge in [-0.3, -0.25) is 0 Å². The van der Waals surface area contributed by atoms with Crippen LogP contribution in [0.25, 0.3) is 5.70 Å². The monoisotopic (exact) mass is 518 g/mol. The quantitative estimate of drug-likeness (QED) is 0.383. The normalized spacial score (nSPS) is 20.2. The van der Waals surface area contributed by atoms with Gasteiger partial charge in [0, 0.05) is 24.6 Å². The predicted octanol–water partition coefficient (Wildman–Crippen LogP) is 8.77. The number of para-hydroxylation sites is 1. The number of methoxy groups -OCH3 is 1. The number of hydrazone groups is 1. The molecule has 1 saturated carbocycles. The van der Waals surface area contributed by atoms with Crippen LogP contribution in [0.3, 0.4) is 0 Å². The molecular weight excluding hydrogens is 470 g/mol. The van der Waals surface area contributed by atoms with Crippen molar-refractivity contribution in [1.29, 1.82) is 0 Å². The van der Waals surface area contributed by atoms with Crippen molar-refractivity contribution in [1.82, 2.24) is 5.01 Å². The van der Waals surface area contributed by atoms with Gasteiger partial charge in [0.05, 0.1) is 12.8 Å². The highest BCUT2D eigenvalue weighted by atomic mass is 19.3. The summed E-state index contributed by atoms with van der Waals surface area (Å²) in [6.45, 7) is 10.9. The average Bonchev–Trinajstić information content (AvgIpc) is 3.07. The number of halogens is 2. The Morgan fingerprint density at radius 2 is 1.76 bits per heavy atom. The van der Waals surface area contributed by atoms with Crippen molar-refractivity contribution in [2.75, 3.05) is 7.11 Å². The van der Waals surface area contributed by atoms with Gasteiger partial charge in [0.2, 0.25) is 11.9 Å². The number of guanidine groups is 1.